The van der Waals surface area contributed by atoms with E-state index in [1.54, 1.807) is 24.2 Å². The topological polar surface area (TPSA) is 32.3 Å². The average molecular weight is 295 g/mol. The Bertz CT molecular complexity index is 587. The highest BCUT2D eigenvalue weighted by Gasteiger charge is 2.10. The summed E-state index contributed by atoms with van der Waals surface area (Å²) in [6, 6.07) is 14.3. The Morgan fingerprint density at radius 2 is 1.74 bits per heavy atom. The summed E-state index contributed by atoms with van der Waals surface area (Å²) in [7, 11) is 1.77. The van der Waals surface area contributed by atoms with Crippen LogP contribution < -0.4 is 10.4 Å². The Morgan fingerprint density at radius 3 is 2.37 bits per heavy atom. The molecule has 0 aromatic heterocycles. The van der Waals surface area contributed by atoms with Crippen LogP contribution in [-0.4, -0.2) is 13.0 Å². The van der Waals surface area contributed by atoms with Crippen molar-refractivity contribution in [2.24, 2.45) is 0 Å². The molecule has 3 nitrogen and oxygen atoms in total. The Labute approximate surface area is 121 Å². The van der Waals surface area contributed by atoms with E-state index in [-0.39, 0.29) is 5.91 Å². The summed E-state index contributed by atoms with van der Waals surface area (Å²) in [5.41, 5.74) is 4.09. The summed E-state index contributed by atoms with van der Waals surface area (Å²) in [4.78, 5) is 12.0. The van der Waals surface area contributed by atoms with E-state index in [4.69, 9.17) is 23.2 Å². The van der Waals surface area contributed by atoms with Crippen LogP contribution in [0.2, 0.25) is 10.0 Å². The van der Waals surface area contributed by atoms with Gasteiger partial charge in [-0.1, -0.05) is 41.4 Å². The molecule has 0 fully saturated rings. The molecule has 0 bridgehead atoms. The lowest BCUT2D eigenvalue weighted by molar-refractivity contribution is 0.0951. The molecule has 0 heterocycles. The highest BCUT2D eigenvalue weighted by Crippen LogP contribution is 2.22. The van der Waals surface area contributed by atoms with Crippen molar-refractivity contribution in [1.82, 2.24) is 5.43 Å². The van der Waals surface area contributed by atoms with Gasteiger partial charge < -0.3 is 0 Å². The summed E-state index contributed by atoms with van der Waals surface area (Å²) < 4.78 is 0. The predicted octanol–water partition coefficient (Wildman–Crippen LogP) is 3.77. The third kappa shape index (κ3) is 3.40. The summed E-state index contributed by atoms with van der Waals surface area (Å²) in [5.74, 6) is -0.245. The second-order valence-electron chi connectivity index (χ2n) is 3.96. The molecule has 19 heavy (non-hydrogen) atoms. The molecule has 0 unspecified atom stereocenters. The molecule has 2 rings (SSSR count). The Balaban J connectivity index is 2.11. The number of carbonyl (C=O) groups excluding carboxylic acids is 1. The second kappa shape index (κ2) is 5.95. The highest BCUT2D eigenvalue weighted by atomic mass is 35.5. The number of hydrogen-bond acceptors (Lipinski definition) is 2. The molecule has 0 aliphatic heterocycles. The van der Waals surface area contributed by atoms with Crippen LogP contribution in [0.5, 0.6) is 0 Å². The first kappa shape index (κ1) is 13.7. The van der Waals surface area contributed by atoms with Crippen LogP contribution in [-0.2, 0) is 0 Å². The van der Waals surface area contributed by atoms with Crippen LogP contribution in [0.3, 0.4) is 0 Å². The average Bonchev–Trinajstić information content (AvgIpc) is 2.42. The van der Waals surface area contributed by atoms with Crippen molar-refractivity contribution >= 4 is 34.8 Å². The molecule has 0 saturated carbocycles. The van der Waals surface area contributed by atoms with Crippen molar-refractivity contribution in [3.8, 4) is 0 Å². The maximum atomic E-state index is 12.0. The van der Waals surface area contributed by atoms with Crippen LogP contribution in [0, 0.1) is 0 Å². The second-order valence-corrected chi connectivity index (χ2v) is 4.78. The van der Waals surface area contributed by atoms with Crippen molar-refractivity contribution in [1.29, 1.82) is 0 Å². The van der Waals surface area contributed by atoms with E-state index in [0.29, 0.717) is 15.6 Å². The number of benzene rings is 2. The molecule has 0 atom stereocenters. The normalized spacial score (nSPS) is 10.1. The molecule has 98 valence electrons. The Morgan fingerprint density at radius 1 is 1.05 bits per heavy atom. The first-order valence-electron chi connectivity index (χ1n) is 5.63. The van der Waals surface area contributed by atoms with E-state index in [2.05, 4.69) is 5.43 Å². The standard InChI is InChI=1S/C14H12Cl2N2O/c1-18(11-5-3-2-4-6-11)17-14(19)10-7-8-12(15)13(16)9-10/h2-9H,1H3,(H,17,19). The molecule has 0 aliphatic carbocycles. The van der Waals surface area contributed by atoms with Crippen molar-refractivity contribution < 1.29 is 4.79 Å². The molecule has 2 aromatic carbocycles. The third-order valence-corrected chi connectivity index (χ3v) is 3.33. The molecule has 1 amide bonds. The first-order valence-corrected chi connectivity index (χ1v) is 6.38. The van der Waals surface area contributed by atoms with Gasteiger partial charge in [0, 0.05) is 12.6 Å². The first-order chi connectivity index (χ1) is 9.08. The number of rotatable bonds is 3. The zero-order chi connectivity index (χ0) is 13.8. The fraction of sp³-hybridized carbons (Fsp3) is 0.0714. The number of hydrazine groups is 1. The van der Waals surface area contributed by atoms with Crippen molar-refractivity contribution in [3.63, 3.8) is 0 Å². The van der Waals surface area contributed by atoms with Gasteiger partial charge in [-0.2, -0.15) is 0 Å². The third-order valence-electron chi connectivity index (χ3n) is 2.59. The largest absolute Gasteiger partial charge is 0.288 e. The smallest absolute Gasteiger partial charge is 0.269 e. The van der Waals surface area contributed by atoms with E-state index in [0.717, 1.165) is 5.69 Å². The molecular formula is C14H12Cl2N2O. The minimum atomic E-state index is -0.245. The maximum Gasteiger partial charge on any atom is 0.269 e. The lowest BCUT2D eigenvalue weighted by Gasteiger charge is -2.20. The summed E-state index contributed by atoms with van der Waals surface area (Å²) in [5, 5.41) is 2.43. The fourth-order valence-electron chi connectivity index (χ4n) is 1.57. The minimum absolute atomic E-state index is 0.245. The van der Waals surface area contributed by atoms with Gasteiger partial charge in [-0.3, -0.25) is 15.2 Å². The molecular weight excluding hydrogens is 283 g/mol. The number of halogens is 2. The van der Waals surface area contributed by atoms with Gasteiger partial charge in [0.15, 0.2) is 0 Å². The number of hydrogen-bond donors (Lipinski definition) is 1. The fourth-order valence-corrected chi connectivity index (χ4v) is 1.87. The zero-order valence-corrected chi connectivity index (χ0v) is 11.7. The van der Waals surface area contributed by atoms with E-state index >= 15 is 0 Å². The van der Waals surface area contributed by atoms with Crippen molar-refractivity contribution in [3.05, 3.63) is 64.1 Å². The van der Waals surface area contributed by atoms with E-state index in [1.807, 2.05) is 30.3 Å². The van der Waals surface area contributed by atoms with Crippen molar-refractivity contribution in [2.75, 3.05) is 12.1 Å². The van der Waals surface area contributed by atoms with Gasteiger partial charge in [-0.05, 0) is 30.3 Å². The summed E-state index contributed by atoms with van der Waals surface area (Å²) >= 11 is 11.7. The van der Waals surface area contributed by atoms with E-state index in [1.165, 1.54) is 6.07 Å². The van der Waals surface area contributed by atoms with Crippen LogP contribution in [0.25, 0.3) is 0 Å². The molecule has 5 heteroatoms. The van der Waals surface area contributed by atoms with Gasteiger partial charge in [-0.25, -0.2) is 0 Å². The van der Waals surface area contributed by atoms with E-state index in [9.17, 15) is 4.79 Å². The zero-order valence-electron chi connectivity index (χ0n) is 10.2. The van der Waals surface area contributed by atoms with E-state index < -0.39 is 0 Å². The summed E-state index contributed by atoms with van der Waals surface area (Å²) in [6.07, 6.45) is 0. The van der Waals surface area contributed by atoms with Gasteiger partial charge in [0.1, 0.15) is 0 Å². The van der Waals surface area contributed by atoms with Crippen LogP contribution >= 0.6 is 23.2 Å². The minimum Gasteiger partial charge on any atom is -0.288 e. The molecule has 0 radical (unpaired) electrons. The monoisotopic (exact) mass is 294 g/mol. The van der Waals surface area contributed by atoms with Gasteiger partial charge in [0.25, 0.3) is 5.91 Å². The molecule has 0 spiro atoms. The Kier molecular flexibility index (Phi) is 4.30. The van der Waals surface area contributed by atoms with Gasteiger partial charge >= 0.3 is 0 Å². The molecule has 0 saturated heterocycles. The quantitative estimate of drug-likeness (QED) is 0.874. The maximum absolute atomic E-state index is 12.0. The molecule has 1 N–H and O–H groups in total. The highest BCUT2D eigenvalue weighted by molar-refractivity contribution is 6.42. The van der Waals surface area contributed by atoms with Crippen LogP contribution in [0.1, 0.15) is 10.4 Å². The Hall–Kier alpha value is -1.71. The van der Waals surface area contributed by atoms with Gasteiger partial charge in [-0.15, -0.1) is 0 Å². The molecule has 0 aliphatic rings. The molecule has 2 aromatic rings. The van der Waals surface area contributed by atoms with Crippen molar-refractivity contribution in [2.45, 2.75) is 0 Å². The number of nitrogens with zero attached hydrogens (tertiary/aromatic N) is 1. The lowest BCUT2D eigenvalue weighted by Crippen LogP contribution is -2.39. The number of amides is 1. The van der Waals surface area contributed by atoms with Crippen LogP contribution in [0.15, 0.2) is 48.5 Å². The van der Waals surface area contributed by atoms with Crippen LogP contribution in [0.4, 0.5) is 5.69 Å². The predicted molar refractivity (Wildman–Crippen MR) is 78.8 cm³/mol. The lowest BCUT2D eigenvalue weighted by atomic mass is 10.2. The number of anilines is 1. The number of nitrogens with one attached hydrogen (secondary N) is 1. The number of carbonyl (C=O) groups is 1. The summed E-state index contributed by atoms with van der Waals surface area (Å²) in [6.45, 7) is 0. The SMILES string of the molecule is CN(NC(=O)c1ccc(Cl)c(Cl)c1)c1ccccc1. The van der Waals surface area contributed by atoms with Gasteiger partial charge in [0.2, 0.25) is 0 Å². The van der Waals surface area contributed by atoms with Gasteiger partial charge in [0.05, 0.1) is 15.7 Å². The number of para-hydroxylation sites is 1.